The second-order valence-electron chi connectivity index (χ2n) is 8.12. The Labute approximate surface area is 134 Å². The Hall–Kier alpha value is -1.61. The zero-order valence-electron chi connectivity index (χ0n) is 14.7. The zero-order valence-corrected chi connectivity index (χ0v) is 14.7. The largest absolute Gasteiger partial charge is 0.329 e. The molecular formula is C19H29N3. The van der Waals surface area contributed by atoms with Gasteiger partial charge in [0, 0.05) is 23.6 Å². The lowest BCUT2D eigenvalue weighted by Gasteiger charge is -2.20. The van der Waals surface area contributed by atoms with Crippen molar-refractivity contribution in [2.45, 2.75) is 58.3 Å². The SMILES string of the molecule is CC(C)(C)c1ccc(C(CN)c2cc(C(C)(C)C)n[nH]2)cc1. The summed E-state index contributed by atoms with van der Waals surface area (Å²) in [6.45, 7) is 13.8. The number of benzene rings is 1. The molecule has 0 aliphatic rings. The molecule has 0 radical (unpaired) electrons. The third-order valence-corrected chi connectivity index (χ3v) is 4.16. The highest BCUT2D eigenvalue weighted by molar-refractivity contribution is 5.34. The van der Waals surface area contributed by atoms with Gasteiger partial charge in [0.1, 0.15) is 0 Å². The summed E-state index contributed by atoms with van der Waals surface area (Å²) >= 11 is 0. The van der Waals surface area contributed by atoms with Gasteiger partial charge >= 0.3 is 0 Å². The lowest BCUT2D eigenvalue weighted by Crippen LogP contribution is -2.15. The molecule has 1 aromatic heterocycles. The summed E-state index contributed by atoms with van der Waals surface area (Å²) in [5, 5.41) is 7.63. The van der Waals surface area contributed by atoms with Crippen molar-refractivity contribution in [2.24, 2.45) is 5.73 Å². The maximum atomic E-state index is 6.03. The molecular weight excluding hydrogens is 270 g/mol. The summed E-state index contributed by atoms with van der Waals surface area (Å²) in [6.07, 6.45) is 0. The monoisotopic (exact) mass is 299 g/mol. The van der Waals surface area contributed by atoms with E-state index in [1.54, 1.807) is 0 Å². The number of hydrogen-bond donors (Lipinski definition) is 2. The summed E-state index contributed by atoms with van der Waals surface area (Å²) in [6, 6.07) is 10.9. The number of hydrogen-bond acceptors (Lipinski definition) is 2. The van der Waals surface area contributed by atoms with E-state index in [0.717, 1.165) is 11.4 Å². The summed E-state index contributed by atoms with van der Waals surface area (Å²) in [5.41, 5.74) is 11.0. The fraction of sp³-hybridized carbons (Fsp3) is 0.526. The number of H-pyrrole nitrogens is 1. The zero-order chi connectivity index (χ0) is 16.5. The Morgan fingerprint density at radius 2 is 1.59 bits per heavy atom. The van der Waals surface area contributed by atoms with E-state index in [4.69, 9.17) is 5.73 Å². The van der Waals surface area contributed by atoms with Crippen molar-refractivity contribution < 1.29 is 0 Å². The van der Waals surface area contributed by atoms with Crippen LogP contribution in [0.3, 0.4) is 0 Å². The Bertz CT molecular complexity index is 609. The molecule has 0 aliphatic carbocycles. The van der Waals surface area contributed by atoms with Gasteiger partial charge in [-0.1, -0.05) is 65.8 Å². The minimum atomic E-state index is 0.0456. The van der Waals surface area contributed by atoms with Crippen molar-refractivity contribution in [3.8, 4) is 0 Å². The van der Waals surface area contributed by atoms with Crippen LogP contribution in [-0.2, 0) is 10.8 Å². The Balaban J connectivity index is 2.30. The molecule has 0 spiro atoms. The lowest BCUT2D eigenvalue weighted by atomic mass is 9.85. The molecule has 3 N–H and O–H groups in total. The van der Waals surface area contributed by atoms with Crippen LogP contribution in [0, 0.1) is 0 Å². The standard InChI is InChI=1S/C19H29N3/c1-18(2,3)14-9-7-13(8-10-14)15(12-20)16-11-17(22-21-16)19(4,5)6/h7-11,15H,12,20H2,1-6H3,(H,21,22). The summed E-state index contributed by atoms with van der Waals surface area (Å²) < 4.78 is 0. The van der Waals surface area contributed by atoms with Crippen molar-refractivity contribution in [3.05, 3.63) is 52.8 Å². The molecule has 3 nitrogen and oxygen atoms in total. The van der Waals surface area contributed by atoms with Crippen LogP contribution >= 0.6 is 0 Å². The second kappa shape index (κ2) is 5.88. The first-order valence-electron chi connectivity index (χ1n) is 7.99. The van der Waals surface area contributed by atoms with E-state index in [1.807, 2.05) is 0 Å². The normalized spacial score (nSPS) is 14.1. The molecule has 1 aromatic carbocycles. The van der Waals surface area contributed by atoms with Crippen LogP contribution in [0.2, 0.25) is 0 Å². The third kappa shape index (κ3) is 3.58. The molecule has 1 unspecified atom stereocenters. The van der Waals surface area contributed by atoms with Gasteiger partial charge in [0.15, 0.2) is 0 Å². The second-order valence-corrected chi connectivity index (χ2v) is 8.12. The van der Waals surface area contributed by atoms with Crippen molar-refractivity contribution in [1.29, 1.82) is 0 Å². The van der Waals surface area contributed by atoms with Gasteiger partial charge in [0.25, 0.3) is 0 Å². The van der Waals surface area contributed by atoms with Gasteiger partial charge in [0.05, 0.1) is 5.69 Å². The summed E-state index contributed by atoms with van der Waals surface area (Å²) in [5.74, 6) is 0.164. The maximum absolute atomic E-state index is 6.03. The minimum absolute atomic E-state index is 0.0456. The number of nitrogens with one attached hydrogen (secondary N) is 1. The first-order chi connectivity index (χ1) is 10.1. The first-order valence-corrected chi connectivity index (χ1v) is 7.99. The third-order valence-electron chi connectivity index (χ3n) is 4.16. The first kappa shape index (κ1) is 16.8. The minimum Gasteiger partial charge on any atom is -0.329 e. The number of nitrogens with zero attached hydrogens (tertiary/aromatic N) is 1. The Kier molecular flexibility index (Phi) is 4.48. The quantitative estimate of drug-likeness (QED) is 0.896. The molecule has 3 heteroatoms. The topological polar surface area (TPSA) is 54.7 Å². The molecule has 22 heavy (non-hydrogen) atoms. The molecule has 2 aromatic rings. The number of rotatable bonds is 3. The number of aromatic amines is 1. The molecule has 120 valence electrons. The number of aromatic nitrogens is 2. The van der Waals surface area contributed by atoms with Crippen LogP contribution in [0.1, 0.15) is 70.0 Å². The highest BCUT2D eigenvalue weighted by Crippen LogP contribution is 2.29. The Morgan fingerprint density at radius 1 is 1.00 bits per heavy atom. The molecule has 0 bridgehead atoms. The van der Waals surface area contributed by atoms with E-state index < -0.39 is 0 Å². The van der Waals surface area contributed by atoms with Crippen LogP contribution in [0.25, 0.3) is 0 Å². The highest BCUT2D eigenvalue weighted by Gasteiger charge is 2.22. The van der Waals surface area contributed by atoms with Gasteiger partial charge in [-0.05, 0) is 22.6 Å². The van der Waals surface area contributed by atoms with Gasteiger partial charge in [-0.2, -0.15) is 5.10 Å². The summed E-state index contributed by atoms with van der Waals surface area (Å²) in [7, 11) is 0. The van der Waals surface area contributed by atoms with E-state index in [1.165, 1.54) is 11.1 Å². The maximum Gasteiger partial charge on any atom is 0.0678 e. The molecule has 2 rings (SSSR count). The van der Waals surface area contributed by atoms with Gasteiger partial charge in [-0.3, -0.25) is 5.10 Å². The van der Waals surface area contributed by atoms with Crippen molar-refractivity contribution in [3.63, 3.8) is 0 Å². The molecule has 0 saturated carbocycles. The number of nitrogens with two attached hydrogens (primary N) is 1. The van der Waals surface area contributed by atoms with Gasteiger partial charge in [-0.25, -0.2) is 0 Å². The van der Waals surface area contributed by atoms with Crippen LogP contribution in [0.4, 0.5) is 0 Å². The van der Waals surface area contributed by atoms with Gasteiger partial charge in [-0.15, -0.1) is 0 Å². The van der Waals surface area contributed by atoms with Crippen molar-refractivity contribution >= 4 is 0 Å². The average molecular weight is 299 g/mol. The van der Waals surface area contributed by atoms with Gasteiger partial charge in [0.2, 0.25) is 0 Å². The lowest BCUT2D eigenvalue weighted by molar-refractivity contribution is 0.567. The van der Waals surface area contributed by atoms with E-state index in [-0.39, 0.29) is 16.7 Å². The molecule has 0 fully saturated rings. The van der Waals surface area contributed by atoms with E-state index in [9.17, 15) is 0 Å². The summed E-state index contributed by atoms with van der Waals surface area (Å²) in [4.78, 5) is 0. The smallest absolute Gasteiger partial charge is 0.0678 e. The van der Waals surface area contributed by atoms with Crippen LogP contribution in [0.15, 0.2) is 30.3 Å². The average Bonchev–Trinajstić information content (AvgIpc) is 2.89. The molecule has 0 amide bonds. The van der Waals surface area contributed by atoms with Crippen LogP contribution in [0.5, 0.6) is 0 Å². The fourth-order valence-electron chi connectivity index (χ4n) is 2.56. The van der Waals surface area contributed by atoms with Crippen molar-refractivity contribution in [2.75, 3.05) is 6.54 Å². The molecule has 0 saturated heterocycles. The molecule has 1 atom stereocenters. The van der Waals surface area contributed by atoms with Crippen LogP contribution < -0.4 is 5.73 Å². The molecule has 0 aliphatic heterocycles. The van der Waals surface area contributed by atoms with E-state index in [0.29, 0.717) is 6.54 Å². The predicted molar refractivity (Wildman–Crippen MR) is 93.3 cm³/mol. The highest BCUT2D eigenvalue weighted by atomic mass is 15.1. The van der Waals surface area contributed by atoms with Crippen LogP contribution in [-0.4, -0.2) is 16.7 Å². The molecule has 1 heterocycles. The van der Waals surface area contributed by atoms with E-state index in [2.05, 4.69) is 82.1 Å². The van der Waals surface area contributed by atoms with E-state index >= 15 is 0 Å². The predicted octanol–water partition coefficient (Wildman–Crippen LogP) is 4.10. The Morgan fingerprint density at radius 3 is 2.00 bits per heavy atom. The fourth-order valence-corrected chi connectivity index (χ4v) is 2.56. The van der Waals surface area contributed by atoms with Crippen molar-refractivity contribution in [1.82, 2.24) is 10.2 Å². The van der Waals surface area contributed by atoms with Gasteiger partial charge < -0.3 is 5.73 Å².